The van der Waals surface area contributed by atoms with Crippen molar-refractivity contribution < 1.29 is 9.50 Å². The highest BCUT2D eigenvalue weighted by Gasteiger charge is 2.08. The third-order valence-electron chi connectivity index (χ3n) is 4.48. The molecule has 0 heterocycles. The standard InChI is InChI=1S/C22H21FO/c1-15-4-3-5-16(2)21(15)14-18-8-11-22(24)19(13-18)12-17-6-9-20(23)10-7-17/h3-11,13,24H,12,14H2,1-2H3. The van der Waals surface area contributed by atoms with Crippen LogP contribution in [0.25, 0.3) is 0 Å². The van der Waals surface area contributed by atoms with Gasteiger partial charge in [0.25, 0.3) is 0 Å². The van der Waals surface area contributed by atoms with Crippen LogP contribution in [0, 0.1) is 19.7 Å². The van der Waals surface area contributed by atoms with Crippen LogP contribution in [0.2, 0.25) is 0 Å². The van der Waals surface area contributed by atoms with Gasteiger partial charge in [-0.3, -0.25) is 0 Å². The van der Waals surface area contributed by atoms with Crippen LogP contribution in [0.1, 0.15) is 33.4 Å². The summed E-state index contributed by atoms with van der Waals surface area (Å²) in [5.41, 5.74) is 6.91. The summed E-state index contributed by atoms with van der Waals surface area (Å²) in [5.74, 6) is 0.0383. The van der Waals surface area contributed by atoms with Crippen molar-refractivity contribution in [2.75, 3.05) is 0 Å². The summed E-state index contributed by atoms with van der Waals surface area (Å²) in [4.78, 5) is 0. The van der Waals surface area contributed by atoms with Gasteiger partial charge in [0, 0.05) is 6.42 Å². The third-order valence-corrected chi connectivity index (χ3v) is 4.48. The van der Waals surface area contributed by atoms with E-state index in [9.17, 15) is 9.50 Å². The summed E-state index contributed by atoms with van der Waals surface area (Å²) in [7, 11) is 0. The number of halogens is 1. The molecule has 122 valence electrons. The summed E-state index contributed by atoms with van der Waals surface area (Å²) in [6.07, 6.45) is 1.43. The molecule has 0 amide bonds. The van der Waals surface area contributed by atoms with E-state index < -0.39 is 0 Å². The molecular formula is C22H21FO. The summed E-state index contributed by atoms with van der Waals surface area (Å²) in [5, 5.41) is 10.2. The lowest BCUT2D eigenvalue weighted by Gasteiger charge is -2.12. The maximum atomic E-state index is 13.0. The predicted molar refractivity (Wildman–Crippen MR) is 96.0 cm³/mol. The second kappa shape index (κ2) is 6.88. The fourth-order valence-electron chi connectivity index (χ4n) is 3.04. The Labute approximate surface area is 142 Å². The van der Waals surface area contributed by atoms with Crippen molar-refractivity contribution in [3.63, 3.8) is 0 Å². The highest BCUT2D eigenvalue weighted by atomic mass is 19.1. The van der Waals surface area contributed by atoms with Crippen LogP contribution in [0.3, 0.4) is 0 Å². The quantitative estimate of drug-likeness (QED) is 0.689. The molecule has 0 saturated heterocycles. The normalized spacial score (nSPS) is 10.8. The zero-order valence-corrected chi connectivity index (χ0v) is 14.0. The van der Waals surface area contributed by atoms with Crippen molar-refractivity contribution in [2.24, 2.45) is 0 Å². The Kier molecular flexibility index (Phi) is 4.66. The number of aryl methyl sites for hydroxylation is 2. The van der Waals surface area contributed by atoms with Gasteiger partial charge in [-0.25, -0.2) is 4.39 Å². The van der Waals surface area contributed by atoms with Gasteiger partial charge in [-0.1, -0.05) is 42.5 Å². The molecule has 3 aromatic rings. The van der Waals surface area contributed by atoms with E-state index in [1.54, 1.807) is 18.2 Å². The highest BCUT2D eigenvalue weighted by molar-refractivity contribution is 5.43. The molecule has 3 aromatic carbocycles. The van der Waals surface area contributed by atoms with Crippen LogP contribution in [0.4, 0.5) is 4.39 Å². The minimum atomic E-state index is -0.244. The summed E-state index contributed by atoms with van der Waals surface area (Å²) in [6, 6.07) is 18.5. The van der Waals surface area contributed by atoms with E-state index in [4.69, 9.17) is 0 Å². The molecule has 0 aromatic heterocycles. The second-order valence-electron chi connectivity index (χ2n) is 6.31. The number of aromatic hydroxyl groups is 1. The molecule has 0 saturated carbocycles. The molecular weight excluding hydrogens is 299 g/mol. The largest absolute Gasteiger partial charge is 0.508 e. The molecule has 0 fully saturated rings. The van der Waals surface area contributed by atoms with Gasteiger partial charge in [0.05, 0.1) is 0 Å². The fourth-order valence-corrected chi connectivity index (χ4v) is 3.04. The molecule has 0 aliphatic heterocycles. The first-order chi connectivity index (χ1) is 11.5. The van der Waals surface area contributed by atoms with Crippen LogP contribution in [-0.4, -0.2) is 5.11 Å². The molecule has 0 spiro atoms. The summed E-state index contributed by atoms with van der Waals surface area (Å²) >= 11 is 0. The Balaban J connectivity index is 1.87. The molecule has 1 N–H and O–H groups in total. The fraction of sp³-hybridized carbons (Fsp3) is 0.182. The molecule has 0 aliphatic rings. The first-order valence-corrected chi connectivity index (χ1v) is 8.13. The van der Waals surface area contributed by atoms with Crippen LogP contribution in [-0.2, 0) is 12.8 Å². The Morgan fingerprint density at radius 3 is 2.08 bits per heavy atom. The van der Waals surface area contributed by atoms with Gasteiger partial charge >= 0.3 is 0 Å². The lowest BCUT2D eigenvalue weighted by Crippen LogP contribution is -1.97. The van der Waals surface area contributed by atoms with Gasteiger partial charge in [-0.15, -0.1) is 0 Å². The van der Waals surface area contributed by atoms with Gasteiger partial charge in [0.2, 0.25) is 0 Å². The summed E-state index contributed by atoms with van der Waals surface area (Å²) < 4.78 is 13.0. The van der Waals surface area contributed by atoms with Crippen molar-refractivity contribution in [3.8, 4) is 5.75 Å². The molecule has 0 aliphatic carbocycles. The third kappa shape index (κ3) is 3.65. The first-order valence-electron chi connectivity index (χ1n) is 8.13. The Bertz CT molecular complexity index is 830. The molecule has 24 heavy (non-hydrogen) atoms. The van der Waals surface area contributed by atoms with Crippen LogP contribution in [0.5, 0.6) is 5.75 Å². The average Bonchev–Trinajstić information content (AvgIpc) is 2.56. The number of rotatable bonds is 4. The van der Waals surface area contributed by atoms with Gasteiger partial charge in [0.15, 0.2) is 0 Å². The Morgan fingerprint density at radius 2 is 1.42 bits per heavy atom. The van der Waals surface area contributed by atoms with Crippen molar-refractivity contribution >= 4 is 0 Å². The van der Waals surface area contributed by atoms with E-state index in [1.807, 2.05) is 12.1 Å². The van der Waals surface area contributed by atoms with E-state index >= 15 is 0 Å². The van der Waals surface area contributed by atoms with Crippen molar-refractivity contribution in [1.29, 1.82) is 0 Å². The topological polar surface area (TPSA) is 20.2 Å². The average molecular weight is 320 g/mol. The van der Waals surface area contributed by atoms with E-state index in [0.29, 0.717) is 6.42 Å². The molecule has 0 unspecified atom stereocenters. The van der Waals surface area contributed by atoms with Crippen LogP contribution in [0.15, 0.2) is 60.7 Å². The molecule has 2 heteroatoms. The zero-order valence-electron chi connectivity index (χ0n) is 14.0. The predicted octanol–water partition coefficient (Wildman–Crippen LogP) is 5.33. The number of hydrogen-bond donors (Lipinski definition) is 1. The van der Waals surface area contributed by atoms with Gasteiger partial charge in [-0.05, 0) is 71.8 Å². The summed E-state index contributed by atoms with van der Waals surface area (Å²) in [6.45, 7) is 4.25. The minimum absolute atomic E-state index is 0.244. The maximum absolute atomic E-state index is 13.0. The molecule has 0 bridgehead atoms. The number of benzene rings is 3. The zero-order chi connectivity index (χ0) is 17.1. The Hall–Kier alpha value is -2.61. The van der Waals surface area contributed by atoms with Crippen LogP contribution >= 0.6 is 0 Å². The molecule has 3 rings (SSSR count). The number of phenols is 1. The van der Waals surface area contributed by atoms with Gasteiger partial charge in [-0.2, -0.15) is 0 Å². The monoisotopic (exact) mass is 320 g/mol. The number of phenolic OH excluding ortho intramolecular Hbond substituents is 1. The first kappa shape index (κ1) is 16.3. The lowest BCUT2D eigenvalue weighted by molar-refractivity contribution is 0.469. The van der Waals surface area contributed by atoms with Crippen molar-refractivity contribution in [1.82, 2.24) is 0 Å². The highest BCUT2D eigenvalue weighted by Crippen LogP contribution is 2.25. The lowest BCUT2D eigenvalue weighted by atomic mass is 9.94. The Morgan fingerprint density at radius 1 is 0.792 bits per heavy atom. The van der Waals surface area contributed by atoms with Crippen LogP contribution < -0.4 is 0 Å². The molecule has 0 atom stereocenters. The molecule has 1 nitrogen and oxygen atoms in total. The van der Waals surface area contributed by atoms with E-state index in [2.05, 4.69) is 32.0 Å². The van der Waals surface area contributed by atoms with Gasteiger partial charge < -0.3 is 5.11 Å². The second-order valence-corrected chi connectivity index (χ2v) is 6.31. The minimum Gasteiger partial charge on any atom is -0.508 e. The smallest absolute Gasteiger partial charge is 0.123 e. The number of hydrogen-bond acceptors (Lipinski definition) is 1. The maximum Gasteiger partial charge on any atom is 0.123 e. The molecule has 0 radical (unpaired) electrons. The van der Waals surface area contributed by atoms with Crippen molar-refractivity contribution in [2.45, 2.75) is 26.7 Å². The SMILES string of the molecule is Cc1cccc(C)c1Cc1ccc(O)c(Cc2ccc(F)cc2)c1. The van der Waals surface area contributed by atoms with E-state index in [-0.39, 0.29) is 11.6 Å². The van der Waals surface area contributed by atoms with Gasteiger partial charge in [0.1, 0.15) is 11.6 Å². The van der Waals surface area contributed by atoms with Crippen molar-refractivity contribution in [3.05, 3.63) is 99.9 Å². The van der Waals surface area contributed by atoms with E-state index in [1.165, 1.54) is 34.4 Å². The van der Waals surface area contributed by atoms with E-state index in [0.717, 1.165) is 17.5 Å².